The molecular weight excluding hydrogens is 409 g/mol. The van der Waals surface area contributed by atoms with E-state index in [9.17, 15) is 0 Å². The number of allylic oxidation sites excluding steroid dienone is 2. The van der Waals surface area contributed by atoms with E-state index in [1.165, 1.54) is 0 Å². The van der Waals surface area contributed by atoms with Crippen LogP contribution >= 0.6 is 34.5 Å². The summed E-state index contributed by atoms with van der Waals surface area (Å²) in [6.45, 7) is 0. The van der Waals surface area contributed by atoms with Crippen LogP contribution in [0.1, 0.15) is 22.1 Å². The van der Waals surface area contributed by atoms with E-state index in [1.807, 2.05) is 78.3 Å². The Morgan fingerprint density at radius 2 is 1.86 bits per heavy atom. The van der Waals surface area contributed by atoms with Crippen molar-refractivity contribution in [3.63, 3.8) is 0 Å². The third-order valence-corrected chi connectivity index (χ3v) is 6.34. The minimum atomic E-state index is -0.864. The predicted molar refractivity (Wildman–Crippen MR) is 118 cm³/mol. The van der Waals surface area contributed by atoms with Crippen LogP contribution in [-0.4, -0.2) is 11.0 Å². The quantitative estimate of drug-likeness (QED) is 0.596. The van der Waals surface area contributed by atoms with Crippen LogP contribution in [0, 0.1) is 0 Å². The molecule has 1 aliphatic rings. The Morgan fingerprint density at radius 1 is 1.07 bits per heavy atom. The smallest absolute Gasteiger partial charge is 0.104 e. The Bertz CT molecular complexity index is 1030. The van der Waals surface area contributed by atoms with Crippen molar-refractivity contribution in [3.05, 3.63) is 110 Å². The number of hydrogen-bond acceptors (Lipinski definition) is 4. The lowest BCUT2D eigenvalue weighted by Crippen LogP contribution is -2.51. The van der Waals surface area contributed by atoms with Crippen LogP contribution in [0.15, 0.2) is 83.9 Å². The first-order valence-electron chi connectivity index (χ1n) is 8.84. The highest BCUT2D eigenvalue weighted by atomic mass is 35.5. The molecule has 142 valence electrons. The van der Waals surface area contributed by atoms with Gasteiger partial charge >= 0.3 is 0 Å². The molecule has 0 aliphatic heterocycles. The van der Waals surface area contributed by atoms with E-state index in [1.54, 1.807) is 11.3 Å². The molecule has 0 saturated heterocycles. The number of rotatable bonds is 4. The maximum atomic E-state index is 6.83. The summed E-state index contributed by atoms with van der Waals surface area (Å²) in [6, 6.07) is 15.0. The van der Waals surface area contributed by atoms with Gasteiger partial charge in [0.2, 0.25) is 0 Å². The standard InChI is InChI=1S/C22H19Cl2N3S/c23-17-7-4-14(5-8-17)20(21-27-10-11-28-21)15-6-9-19(25)22(26,13-15)16-2-1-3-18(24)12-16/h1-13,19-20H,25-26H2. The average Bonchev–Trinajstić information content (AvgIpc) is 3.21. The summed E-state index contributed by atoms with van der Waals surface area (Å²) < 4.78 is 0. The first kappa shape index (κ1) is 19.4. The number of thiazole rings is 1. The minimum absolute atomic E-state index is 0.0527. The van der Waals surface area contributed by atoms with Gasteiger partial charge in [-0.15, -0.1) is 11.3 Å². The molecule has 1 aliphatic carbocycles. The minimum Gasteiger partial charge on any atom is -0.322 e. The molecule has 1 heterocycles. The summed E-state index contributed by atoms with van der Waals surface area (Å²) in [5.74, 6) is -0.0527. The SMILES string of the molecule is NC1C=CC(C(c2ccc(Cl)cc2)c2nccs2)=CC1(N)c1cccc(Cl)c1. The van der Waals surface area contributed by atoms with Crippen molar-refractivity contribution in [2.75, 3.05) is 0 Å². The molecule has 3 unspecified atom stereocenters. The molecule has 28 heavy (non-hydrogen) atoms. The Kier molecular flexibility index (Phi) is 5.41. The zero-order valence-electron chi connectivity index (χ0n) is 14.9. The van der Waals surface area contributed by atoms with Gasteiger partial charge in [0.05, 0.1) is 11.5 Å². The Balaban J connectivity index is 1.84. The Hall–Kier alpha value is -1.95. The summed E-state index contributed by atoms with van der Waals surface area (Å²) in [5, 5.41) is 4.29. The molecule has 0 saturated carbocycles. The van der Waals surface area contributed by atoms with Gasteiger partial charge in [0, 0.05) is 27.7 Å². The van der Waals surface area contributed by atoms with Gasteiger partial charge in [-0.1, -0.05) is 65.7 Å². The third kappa shape index (κ3) is 3.66. The van der Waals surface area contributed by atoms with Crippen molar-refractivity contribution >= 4 is 34.5 Å². The third-order valence-electron chi connectivity index (χ3n) is 5.01. The van der Waals surface area contributed by atoms with Gasteiger partial charge in [-0.25, -0.2) is 4.98 Å². The highest BCUT2D eigenvalue weighted by Crippen LogP contribution is 2.39. The van der Waals surface area contributed by atoms with Gasteiger partial charge in [0.25, 0.3) is 0 Å². The number of nitrogens with two attached hydrogens (primary N) is 2. The second-order valence-corrected chi connectivity index (χ2v) is 8.63. The van der Waals surface area contributed by atoms with Crippen LogP contribution in [0.5, 0.6) is 0 Å². The maximum absolute atomic E-state index is 6.83. The molecule has 4 N–H and O–H groups in total. The zero-order chi connectivity index (χ0) is 19.7. The first-order valence-corrected chi connectivity index (χ1v) is 10.5. The van der Waals surface area contributed by atoms with Gasteiger partial charge in [-0.3, -0.25) is 0 Å². The molecule has 3 nitrogen and oxygen atoms in total. The summed E-state index contributed by atoms with van der Waals surface area (Å²) in [6.07, 6.45) is 7.85. The summed E-state index contributed by atoms with van der Waals surface area (Å²) >= 11 is 13.9. The lowest BCUT2D eigenvalue weighted by atomic mass is 9.76. The second-order valence-electron chi connectivity index (χ2n) is 6.83. The molecule has 4 rings (SSSR count). The summed E-state index contributed by atoms with van der Waals surface area (Å²) in [7, 11) is 0. The fraction of sp³-hybridized carbons (Fsp3) is 0.136. The Morgan fingerprint density at radius 3 is 2.54 bits per heavy atom. The molecule has 1 aromatic heterocycles. The van der Waals surface area contributed by atoms with Gasteiger partial charge < -0.3 is 11.5 Å². The monoisotopic (exact) mass is 427 g/mol. The molecule has 3 atom stereocenters. The molecule has 0 fully saturated rings. The first-order chi connectivity index (χ1) is 13.5. The van der Waals surface area contributed by atoms with E-state index in [2.05, 4.69) is 4.98 Å². The Labute approximate surface area is 178 Å². The van der Waals surface area contributed by atoms with E-state index in [4.69, 9.17) is 34.7 Å². The summed E-state index contributed by atoms with van der Waals surface area (Å²) in [4.78, 5) is 4.56. The number of hydrogen-bond donors (Lipinski definition) is 2. The molecular formula is C22H19Cl2N3S. The van der Waals surface area contributed by atoms with Gasteiger partial charge in [-0.05, 0) is 41.0 Å². The molecule has 3 aromatic rings. The number of aromatic nitrogens is 1. The van der Waals surface area contributed by atoms with Crippen molar-refractivity contribution in [1.29, 1.82) is 0 Å². The van der Waals surface area contributed by atoms with E-state index in [0.717, 1.165) is 21.7 Å². The number of nitrogens with zero attached hydrogens (tertiary/aromatic N) is 1. The van der Waals surface area contributed by atoms with Crippen LogP contribution in [0.25, 0.3) is 0 Å². The van der Waals surface area contributed by atoms with Crippen molar-refractivity contribution in [3.8, 4) is 0 Å². The van der Waals surface area contributed by atoms with Crippen LogP contribution in [0.4, 0.5) is 0 Å². The molecule has 0 bridgehead atoms. The van der Waals surface area contributed by atoms with Crippen LogP contribution in [0.3, 0.4) is 0 Å². The molecule has 0 spiro atoms. The normalized spacial score (nSPS) is 22.7. The fourth-order valence-electron chi connectivity index (χ4n) is 3.52. The maximum Gasteiger partial charge on any atom is 0.104 e. The zero-order valence-corrected chi connectivity index (χ0v) is 17.3. The largest absolute Gasteiger partial charge is 0.322 e. The topological polar surface area (TPSA) is 64.9 Å². The highest BCUT2D eigenvalue weighted by molar-refractivity contribution is 7.09. The average molecular weight is 428 g/mol. The lowest BCUT2D eigenvalue weighted by molar-refractivity contribution is 0.486. The fourth-order valence-corrected chi connectivity index (χ4v) is 4.62. The van der Waals surface area contributed by atoms with E-state index in [0.29, 0.717) is 10.0 Å². The lowest BCUT2D eigenvalue weighted by Gasteiger charge is -2.36. The van der Waals surface area contributed by atoms with Crippen molar-refractivity contribution in [2.45, 2.75) is 17.5 Å². The molecule has 0 amide bonds. The molecule has 2 aromatic carbocycles. The van der Waals surface area contributed by atoms with Crippen molar-refractivity contribution in [1.82, 2.24) is 4.98 Å². The van der Waals surface area contributed by atoms with Crippen LogP contribution in [-0.2, 0) is 5.54 Å². The second kappa shape index (κ2) is 7.82. The predicted octanol–water partition coefficient (Wildman–Crippen LogP) is 5.26. The van der Waals surface area contributed by atoms with Gasteiger partial charge in [0.1, 0.15) is 5.01 Å². The van der Waals surface area contributed by atoms with E-state index in [-0.39, 0.29) is 12.0 Å². The molecule has 0 radical (unpaired) electrons. The van der Waals surface area contributed by atoms with Gasteiger partial charge in [0.15, 0.2) is 0 Å². The van der Waals surface area contributed by atoms with Crippen molar-refractivity contribution in [2.24, 2.45) is 11.5 Å². The highest BCUT2D eigenvalue weighted by Gasteiger charge is 2.36. The molecule has 6 heteroatoms. The number of halogens is 2. The number of benzene rings is 2. The van der Waals surface area contributed by atoms with Gasteiger partial charge in [-0.2, -0.15) is 0 Å². The van der Waals surface area contributed by atoms with Crippen LogP contribution in [0.2, 0.25) is 10.0 Å². The van der Waals surface area contributed by atoms with E-state index < -0.39 is 5.54 Å². The van der Waals surface area contributed by atoms with E-state index >= 15 is 0 Å². The summed E-state index contributed by atoms with van der Waals surface area (Å²) in [5.41, 5.74) is 15.4. The van der Waals surface area contributed by atoms with Crippen molar-refractivity contribution < 1.29 is 0 Å². The van der Waals surface area contributed by atoms with Crippen LogP contribution < -0.4 is 11.5 Å².